The van der Waals surface area contributed by atoms with Crippen molar-refractivity contribution in [2.45, 2.75) is 45.1 Å². The van der Waals surface area contributed by atoms with E-state index in [1.54, 1.807) is 12.4 Å². The third-order valence-electron chi connectivity index (χ3n) is 5.19. The Labute approximate surface area is 146 Å². The van der Waals surface area contributed by atoms with E-state index in [1.807, 2.05) is 11.8 Å². The molecule has 1 aliphatic carbocycles. The molecule has 1 amide bonds. The summed E-state index contributed by atoms with van der Waals surface area (Å²) in [5.74, 6) is 0.0311. The summed E-state index contributed by atoms with van der Waals surface area (Å²) in [6.45, 7) is 3.73. The summed E-state index contributed by atoms with van der Waals surface area (Å²) in [5.41, 5.74) is 4.78. The maximum atomic E-state index is 13.1. The molecule has 0 unspecified atom stereocenters. The number of carbonyl (C=O) groups excluding carboxylic acids is 1. The van der Waals surface area contributed by atoms with Crippen molar-refractivity contribution in [3.8, 4) is 0 Å². The first-order valence-electron chi connectivity index (χ1n) is 8.95. The minimum Gasteiger partial charge on any atom is -0.377 e. The number of nitrogens with one attached hydrogen (secondary N) is 1. The number of fused-ring (bicyclic) bond motifs is 1. The van der Waals surface area contributed by atoms with Gasteiger partial charge in [0.1, 0.15) is 0 Å². The van der Waals surface area contributed by atoms with Crippen molar-refractivity contribution in [1.29, 1.82) is 0 Å². The first-order chi connectivity index (χ1) is 12.2. The quantitative estimate of drug-likeness (QED) is 0.910. The van der Waals surface area contributed by atoms with Crippen molar-refractivity contribution in [2.75, 3.05) is 19.8 Å². The SMILES string of the molecule is Cc1nccnc1CC[C@H]1COCCN1C(=O)c1n[nH]c2c1CCC2. The second-order valence-corrected chi connectivity index (χ2v) is 6.74. The van der Waals surface area contributed by atoms with Gasteiger partial charge in [0.05, 0.1) is 30.6 Å². The van der Waals surface area contributed by atoms with Gasteiger partial charge in [0, 0.05) is 30.2 Å². The number of hydrogen-bond acceptors (Lipinski definition) is 5. The van der Waals surface area contributed by atoms with E-state index >= 15 is 0 Å². The number of rotatable bonds is 4. The normalized spacial score (nSPS) is 19.9. The van der Waals surface area contributed by atoms with Crippen molar-refractivity contribution in [2.24, 2.45) is 0 Å². The Bertz CT molecular complexity index is 773. The van der Waals surface area contributed by atoms with Crippen LogP contribution in [-0.4, -0.2) is 56.8 Å². The minimum atomic E-state index is 0.0311. The van der Waals surface area contributed by atoms with E-state index in [1.165, 1.54) is 0 Å². The average molecular weight is 341 g/mol. The van der Waals surface area contributed by atoms with E-state index in [4.69, 9.17) is 4.74 Å². The van der Waals surface area contributed by atoms with Crippen LogP contribution in [0.25, 0.3) is 0 Å². The molecule has 0 aromatic carbocycles. The van der Waals surface area contributed by atoms with E-state index in [0.717, 1.165) is 54.7 Å². The number of aromatic nitrogens is 4. The van der Waals surface area contributed by atoms with Crippen molar-refractivity contribution in [3.63, 3.8) is 0 Å². The second-order valence-electron chi connectivity index (χ2n) is 6.74. The van der Waals surface area contributed by atoms with Gasteiger partial charge in [0.2, 0.25) is 0 Å². The fraction of sp³-hybridized carbons (Fsp3) is 0.556. The van der Waals surface area contributed by atoms with Crippen molar-refractivity contribution in [3.05, 3.63) is 40.7 Å². The molecule has 0 radical (unpaired) electrons. The lowest BCUT2D eigenvalue weighted by Gasteiger charge is -2.35. The smallest absolute Gasteiger partial charge is 0.275 e. The number of carbonyl (C=O) groups is 1. The van der Waals surface area contributed by atoms with Gasteiger partial charge < -0.3 is 9.64 Å². The molecular formula is C18H23N5O2. The summed E-state index contributed by atoms with van der Waals surface area (Å²) in [5, 5.41) is 7.34. The summed E-state index contributed by atoms with van der Waals surface area (Å²) in [6.07, 6.45) is 8.07. The lowest BCUT2D eigenvalue weighted by Crippen LogP contribution is -2.49. The van der Waals surface area contributed by atoms with Crippen LogP contribution in [0.4, 0.5) is 0 Å². The summed E-state index contributed by atoms with van der Waals surface area (Å²) in [7, 11) is 0. The second kappa shape index (κ2) is 6.92. The molecule has 0 saturated carbocycles. The maximum Gasteiger partial charge on any atom is 0.275 e. The Morgan fingerprint density at radius 2 is 2.24 bits per heavy atom. The molecule has 1 aliphatic heterocycles. The topological polar surface area (TPSA) is 84.0 Å². The number of aromatic amines is 1. The predicted octanol–water partition coefficient (Wildman–Crippen LogP) is 1.47. The Balaban J connectivity index is 1.49. The molecule has 1 N–H and O–H groups in total. The van der Waals surface area contributed by atoms with Crippen LogP contribution < -0.4 is 0 Å². The molecule has 7 heteroatoms. The van der Waals surface area contributed by atoms with E-state index in [0.29, 0.717) is 25.5 Å². The van der Waals surface area contributed by atoms with Gasteiger partial charge in [-0.2, -0.15) is 5.10 Å². The van der Waals surface area contributed by atoms with Gasteiger partial charge >= 0.3 is 0 Å². The Hall–Kier alpha value is -2.28. The summed E-state index contributed by atoms with van der Waals surface area (Å²) < 4.78 is 5.63. The molecule has 7 nitrogen and oxygen atoms in total. The largest absolute Gasteiger partial charge is 0.377 e. The molecule has 1 fully saturated rings. The molecule has 1 atom stereocenters. The Morgan fingerprint density at radius 3 is 3.12 bits per heavy atom. The van der Waals surface area contributed by atoms with Crippen molar-refractivity contribution >= 4 is 5.91 Å². The van der Waals surface area contributed by atoms with Crippen LogP contribution in [0.2, 0.25) is 0 Å². The number of ether oxygens (including phenoxy) is 1. The number of aryl methyl sites for hydroxylation is 3. The van der Waals surface area contributed by atoms with Crippen molar-refractivity contribution < 1.29 is 9.53 Å². The van der Waals surface area contributed by atoms with E-state index < -0.39 is 0 Å². The molecule has 4 rings (SSSR count). The third kappa shape index (κ3) is 3.16. The van der Waals surface area contributed by atoms with Crippen molar-refractivity contribution in [1.82, 2.24) is 25.1 Å². The fourth-order valence-electron chi connectivity index (χ4n) is 3.78. The molecule has 0 bridgehead atoms. The predicted molar refractivity (Wildman–Crippen MR) is 91.3 cm³/mol. The zero-order chi connectivity index (χ0) is 17.2. The van der Waals surface area contributed by atoms with E-state index in [-0.39, 0.29) is 11.9 Å². The highest BCUT2D eigenvalue weighted by Crippen LogP contribution is 2.25. The van der Waals surface area contributed by atoms with Gasteiger partial charge in [-0.25, -0.2) is 0 Å². The van der Waals surface area contributed by atoms with Crippen LogP contribution >= 0.6 is 0 Å². The highest BCUT2D eigenvalue weighted by molar-refractivity contribution is 5.94. The van der Waals surface area contributed by atoms with Crippen LogP contribution in [0.15, 0.2) is 12.4 Å². The molecule has 0 spiro atoms. The molecular weight excluding hydrogens is 318 g/mol. The zero-order valence-corrected chi connectivity index (χ0v) is 14.5. The van der Waals surface area contributed by atoms with Crippen LogP contribution in [-0.2, 0) is 24.0 Å². The molecule has 2 aromatic heterocycles. The number of hydrogen-bond donors (Lipinski definition) is 1. The number of morpholine rings is 1. The summed E-state index contributed by atoms with van der Waals surface area (Å²) in [4.78, 5) is 23.7. The van der Waals surface area contributed by atoms with Crippen LogP contribution in [0.1, 0.15) is 46.0 Å². The Morgan fingerprint density at radius 1 is 1.36 bits per heavy atom. The Kier molecular flexibility index (Phi) is 4.48. The summed E-state index contributed by atoms with van der Waals surface area (Å²) in [6, 6.07) is 0.0522. The molecule has 2 aromatic rings. The highest BCUT2D eigenvalue weighted by atomic mass is 16.5. The van der Waals surface area contributed by atoms with Crippen LogP contribution in [0.5, 0.6) is 0 Å². The minimum absolute atomic E-state index is 0.0311. The van der Waals surface area contributed by atoms with Crippen LogP contribution in [0, 0.1) is 6.92 Å². The van der Waals surface area contributed by atoms with Gasteiger partial charge in [-0.05, 0) is 39.0 Å². The lowest BCUT2D eigenvalue weighted by atomic mass is 10.0. The fourth-order valence-corrected chi connectivity index (χ4v) is 3.78. The standard InChI is InChI=1S/C18H23N5O2/c1-12-15(20-8-7-19-12)6-5-13-11-25-10-9-23(13)18(24)17-14-3-2-4-16(14)21-22-17/h7-8,13H,2-6,9-11H2,1H3,(H,21,22)/t13-/m0/s1. The van der Waals surface area contributed by atoms with Gasteiger partial charge in [0.25, 0.3) is 5.91 Å². The van der Waals surface area contributed by atoms with E-state index in [9.17, 15) is 4.79 Å². The molecule has 25 heavy (non-hydrogen) atoms. The highest BCUT2D eigenvalue weighted by Gasteiger charge is 2.32. The molecule has 1 saturated heterocycles. The molecule has 132 valence electrons. The first-order valence-corrected chi connectivity index (χ1v) is 8.95. The molecule has 2 aliphatic rings. The number of nitrogens with zero attached hydrogens (tertiary/aromatic N) is 4. The molecule has 3 heterocycles. The number of amides is 1. The maximum absolute atomic E-state index is 13.1. The summed E-state index contributed by atoms with van der Waals surface area (Å²) >= 11 is 0. The monoisotopic (exact) mass is 341 g/mol. The van der Waals surface area contributed by atoms with Gasteiger partial charge in [-0.1, -0.05) is 0 Å². The van der Waals surface area contributed by atoms with Gasteiger partial charge in [-0.3, -0.25) is 19.9 Å². The lowest BCUT2D eigenvalue weighted by molar-refractivity contribution is -0.00450. The first kappa shape index (κ1) is 16.2. The third-order valence-corrected chi connectivity index (χ3v) is 5.19. The number of H-pyrrole nitrogens is 1. The van der Waals surface area contributed by atoms with Crippen LogP contribution in [0.3, 0.4) is 0 Å². The van der Waals surface area contributed by atoms with Gasteiger partial charge in [0.15, 0.2) is 5.69 Å². The van der Waals surface area contributed by atoms with E-state index in [2.05, 4.69) is 20.2 Å². The zero-order valence-electron chi connectivity index (χ0n) is 14.5. The average Bonchev–Trinajstić information content (AvgIpc) is 3.24. The van der Waals surface area contributed by atoms with Gasteiger partial charge in [-0.15, -0.1) is 0 Å².